The first kappa shape index (κ1) is 14.9. The summed E-state index contributed by atoms with van der Waals surface area (Å²) in [7, 11) is 1.66. The fourth-order valence-electron chi connectivity index (χ4n) is 3.03. The predicted molar refractivity (Wildman–Crippen MR) is 96.2 cm³/mol. The molecule has 0 atom stereocenters. The van der Waals surface area contributed by atoms with Crippen molar-refractivity contribution in [3.05, 3.63) is 42.0 Å². The number of aromatic amines is 1. The van der Waals surface area contributed by atoms with E-state index in [2.05, 4.69) is 20.4 Å². The Morgan fingerprint density at radius 2 is 1.88 bits per heavy atom. The maximum atomic E-state index is 5.65. The highest BCUT2D eigenvalue weighted by Gasteiger charge is 2.17. The Morgan fingerprint density at radius 1 is 1.12 bits per heavy atom. The van der Waals surface area contributed by atoms with Gasteiger partial charge in [-0.05, 0) is 17.7 Å². The molecule has 8 nitrogen and oxygen atoms in total. The van der Waals surface area contributed by atoms with E-state index >= 15 is 0 Å². The molecule has 0 amide bonds. The number of hydrogen-bond acceptors (Lipinski definition) is 6. The van der Waals surface area contributed by atoms with Crippen LogP contribution in [-0.4, -0.2) is 39.9 Å². The van der Waals surface area contributed by atoms with Crippen LogP contribution >= 0.6 is 0 Å². The number of nitrogens with zero attached hydrogens (tertiary/aromatic N) is 3. The van der Waals surface area contributed by atoms with Crippen LogP contribution in [0.2, 0.25) is 0 Å². The lowest BCUT2D eigenvalue weighted by Crippen LogP contribution is -2.15. The monoisotopic (exact) mass is 351 g/mol. The molecule has 2 aromatic heterocycles. The zero-order valence-corrected chi connectivity index (χ0v) is 14.2. The molecule has 0 aliphatic carbocycles. The third kappa shape index (κ3) is 2.46. The maximum absolute atomic E-state index is 5.65. The Morgan fingerprint density at radius 3 is 2.65 bits per heavy atom. The second-order valence-electron chi connectivity index (χ2n) is 6.01. The van der Waals surface area contributed by atoms with Gasteiger partial charge in [0.15, 0.2) is 11.5 Å². The minimum Gasteiger partial charge on any atom is -0.497 e. The van der Waals surface area contributed by atoms with Crippen LogP contribution in [0.1, 0.15) is 5.56 Å². The third-order valence-corrected chi connectivity index (χ3v) is 4.35. The van der Waals surface area contributed by atoms with Crippen molar-refractivity contribution in [1.82, 2.24) is 19.6 Å². The highest BCUT2D eigenvalue weighted by atomic mass is 16.6. The second-order valence-corrected chi connectivity index (χ2v) is 6.01. The Labute approximate surface area is 148 Å². The van der Waals surface area contributed by atoms with Gasteiger partial charge in [-0.1, -0.05) is 12.1 Å². The number of rotatable bonds is 4. The lowest BCUT2D eigenvalue weighted by Gasteiger charge is -2.17. The minimum absolute atomic E-state index is 0.554. The standard InChI is InChI=1S/C18H17N5O3/c1-24-12-4-2-11(3-5-12)10-19-17-21-18-20-13-8-15-16(26-7-6-25-15)9-14(13)23(18)22-17/h2-5,8-9H,6-7,10H2,1H3,(H2,19,20,21,22). The van der Waals surface area contributed by atoms with E-state index in [1.807, 2.05) is 40.9 Å². The smallest absolute Gasteiger partial charge is 0.253 e. The van der Waals surface area contributed by atoms with Crippen LogP contribution in [-0.2, 0) is 6.54 Å². The summed E-state index contributed by atoms with van der Waals surface area (Å²) in [5.74, 6) is 3.54. The second kappa shape index (κ2) is 5.83. The summed E-state index contributed by atoms with van der Waals surface area (Å²) in [5, 5.41) is 6.51. The van der Waals surface area contributed by atoms with Crippen LogP contribution in [0.25, 0.3) is 16.8 Å². The summed E-state index contributed by atoms with van der Waals surface area (Å²) in [6.07, 6.45) is 0. The van der Waals surface area contributed by atoms with E-state index in [1.165, 1.54) is 0 Å². The van der Waals surface area contributed by atoms with Crippen LogP contribution in [0.5, 0.6) is 17.2 Å². The number of H-pyrrole nitrogens is 1. The summed E-state index contributed by atoms with van der Waals surface area (Å²) in [4.78, 5) is 9.05. The molecule has 0 bridgehead atoms. The number of hydrogen-bond donors (Lipinski definition) is 2. The van der Waals surface area contributed by atoms with Gasteiger partial charge in [-0.3, -0.25) is 5.10 Å². The predicted octanol–water partition coefficient (Wildman–Crippen LogP) is 2.60. The molecule has 4 aromatic rings. The van der Waals surface area contributed by atoms with Gasteiger partial charge in [0.1, 0.15) is 19.0 Å². The van der Waals surface area contributed by atoms with E-state index in [0.29, 0.717) is 31.5 Å². The van der Waals surface area contributed by atoms with Crippen molar-refractivity contribution >= 4 is 22.8 Å². The molecule has 0 unspecified atom stereocenters. The molecule has 0 spiro atoms. The number of anilines is 1. The Kier molecular flexibility index (Phi) is 3.34. The molecule has 0 saturated heterocycles. The van der Waals surface area contributed by atoms with Gasteiger partial charge in [0.05, 0.1) is 18.1 Å². The zero-order valence-electron chi connectivity index (χ0n) is 14.2. The highest BCUT2D eigenvalue weighted by molar-refractivity contribution is 5.83. The number of aromatic nitrogens is 4. The van der Waals surface area contributed by atoms with Gasteiger partial charge in [0.25, 0.3) is 5.78 Å². The van der Waals surface area contributed by atoms with Crippen molar-refractivity contribution in [2.45, 2.75) is 6.54 Å². The number of methoxy groups -OCH3 is 1. The molecule has 1 aliphatic heterocycles. The summed E-state index contributed by atoms with van der Waals surface area (Å²) in [6.45, 7) is 1.75. The van der Waals surface area contributed by atoms with Crippen molar-refractivity contribution in [3.63, 3.8) is 0 Å². The molecule has 0 radical (unpaired) electrons. The van der Waals surface area contributed by atoms with Crippen LogP contribution in [0.15, 0.2) is 36.4 Å². The average Bonchev–Trinajstić information content (AvgIpc) is 3.22. The SMILES string of the molecule is COc1ccc(CNc2nc3nc4cc5c(cc4n3[nH]2)OCCO5)cc1. The number of benzene rings is 2. The van der Waals surface area contributed by atoms with E-state index in [1.54, 1.807) is 7.11 Å². The van der Waals surface area contributed by atoms with Crippen LogP contribution in [0.3, 0.4) is 0 Å². The van der Waals surface area contributed by atoms with Crippen LogP contribution in [0.4, 0.5) is 5.95 Å². The molecule has 1 aliphatic rings. The minimum atomic E-state index is 0.554. The number of nitrogens with one attached hydrogen (secondary N) is 2. The maximum Gasteiger partial charge on any atom is 0.253 e. The summed E-state index contributed by atoms with van der Waals surface area (Å²) in [5.41, 5.74) is 2.84. The zero-order chi connectivity index (χ0) is 17.5. The first-order valence-corrected chi connectivity index (χ1v) is 8.35. The Balaban J connectivity index is 1.42. The van der Waals surface area contributed by atoms with E-state index in [9.17, 15) is 0 Å². The number of imidazole rings is 1. The molecular formula is C18H17N5O3. The van der Waals surface area contributed by atoms with Gasteiger partial charge in [0, 0.05) is 18.7 Å². The molecule has 132 valence electrons. The van der Waals surface area contributed by atoms with Crippen LogP contribution in [0, 0.1) is 0 Å². The summed E-state index contributed by atoms with van der Waals surface area (Å²) >= 11 is 0. The molecule has 0 saturated carbocycles. The number of ether oxygens (including phenoxy) is 3. The molecular weight excluding hydrogens is 334 g/mol. The van der Waals surface area contributed by atoms with Crippen molar-refractivity contribution in [3.8, 4) is 17.2 Å². The quantitative estimate of drug-likeness (QED) is 0.588. The van der Waals surface area contributed by atoms with Gasteiger partial charge in [-0.15, -0.1) is 0 Å². The fraction of sp³-hybridized carbons (Fsp3) is 0.222. The molecule has 8 heteroatoms. The number of fused-ring (bicyclic) bond motifs is 4. The first-order chi connectivity index (χ1) is 12.8. The molecule has 26 heavy (non-hydrogen) atoms. The van der Waals surface area contributed by atoms with Gasteiger partial charge >= 0.3 is 0 Å². The van der Waals surface area contributed by atoms with Gasteiger partial charge in [-0.2, -0.15) is 4.98 Å². The molecule has 5 rings (SSSR count). The lowest BCUT2D eigenvalue weighted by molar-refractivity contribution is 0.172. The van der Waals surface area contributed by atoms with Crippen molar-refractivity contribution in [1.29, 1.82) is 0 Å². The van der Waals surface area contributed by atoms with E-state index in [4.69, 9.17) is 14.2 Å². The third-order valence-electron chi connectivity index (χ3n) is 4.35. The van der Waals surface area contributed by atoms with Crippen LogP contribution < -0.4 is 19.5 Å². The Bertz CT molecular complexity index is 1080. The lowest BCUT2D eigenvalue weighted by atomic mass is 10.2. The fourth-order valence-corrected chi connectivity index (χ4v) is 3.03. The first-order valence-electron chi connectivity index (χ1n) is 8.35. The molecule has 2 N–H and O–H groups in total. The Hall–Kier alpha value is -3.42. The largest absolute Gasteiger partial charge is 0.497 e. The van der Waals surface area contributed by atoms with Gasteiger partial charge in [-0.25, -0.2) is 9.50 Å². The molecule has 2 aromatic carbocycles. The summed E-state index contributed by atoms with van der Waals surface area (Å²) < 4.78 is 18.3. The van der Waals surface area contributed by atoms with Crippen molar-refractivity contribution < 1.29 is 14.2 Å². The highest BCUT2D eigenvalue weighted by Crippen LogP contribution is 2.34. The average molecular weight is 351 g/mol. The molecule has 3 heterocycles. The van der Waals surface area contributed by atoms with E-state index in [0.717, 1.165) is 33.8 Å². The van der Waals surface area contributed by atoms with Gasteiger partial charge < -0.3 is 19.5 Å². The van der Waals surface area contributed by atoms with Crippen molar-refractivity contribution in [2.75, 3.05) is 25.6 Å². The van der Waals surface area contributed by atoms with Crippen molar-refractivity contribution in [2.24, 2.45) is 0 Å². The summed E-state index contributed by atoms with van der Waals surface area (Å²) in [6, 6.07) is 11.7. The topological polar surface area (TPSA) is 85.7 Å². The van der Waals surface area contributed by atoms with E-state index in [-0.39, 0.29) is 0 Å². The normalized spacial score (nSPS) is 13.3. The van der Waals surface area contributed by atoms with E-state index < -0.39 is 0 Å². The molecule has 0 fully saturated rings. The van der Waals surface area contributed by atoms with Gasteiger partial charge in [0.2, 0.25) is 5.95 Å².